The summed E-state index contributed by atoms with van der Waals surface area (Å²) in [6.07, 6.45) is 3.28. The molecule has 1 fully saturated rings. The standard InChI is InChI=1S/C12H23N3O2/c1-4-15(9(2)3)11(16)12(10(13)14-17)7-5-6-8-12/h9,17H,4-8H2,1-3H3,(H2,13,14). The number of rotatable bonds is 4. The van der Waals surface area contributed by atoms with E-state index in [1.54, 1.807) is 4.90 Å². The summed E-state index contributed by atoms with van der Waals surface area (Å²) >= 11 is 0. The number of hydrogen-bond donors (Lipinski definition) is 2. The fourth-order valence-corrected chi connectivity index (χ4v) is 2.67. The minimum Gasteiger partial charge on any atom is -0.409 e. The van der Waals surface area contributed by atoms with Crippen LogP contribution in [-0.2, 0) is 4.79 Å². The van der Waals surface area contributed by atoms with Crippen molar-refractivity contribution in [2.75, 3.05) is 6.54 Å². The van der Waals surface area contributed by atoms with E-state index in [9.17, 15) is 4.79 Å². The highest BCUT2D eigenvalue weighted by molar-refractivity contribution is 6.07. The largest absolute Gasteiger partial charge is 0.409 e. The Morgan fingerprint density at radius 3 is 2.35 bits per heavy atom. The van der Waals surface area contributed by atoms with Crippen LogP contribution in [0, 0.1) is 5.41 Å². The fourth-order valence-electron chi connectivity index (χ4n) is 2.67. The number of hydrogen-bond acceptors (Lipinski definition) is 3. The molecule has 5 nitrogen and oxygen atoms in total. The second kappa shape index (κ2) is 5.38. The zero-order valence-electron chi connectivity index (χ0n) is 10.9. The topological polar surface area (TPSA) is 78.9 Å². The van der Waals surface area contributed by atoms with Gasteiger partial charge in [-0.25, -0.2) is 0 Å². The summed E-state index contributed by atoms with van der Waals surface area (Å²) < 4.78 is 0. The van der Waals surface area contributed by atoms with E-state index in [2.05, 4.69) is 5.16 Å². The number of carbonyl (C=O) groups excluding carboxylic acids is 1. The van der Waals surface area contributed by atoms with E-state index in [0.29, 0.717) is 19.4 Å². The number of nitrogens with two attached hydrogens (primary N) is 1. The third kappa shape index (κ3) is 2.37. The number of amides is 1. The van der Waals surface area contributed by atoms with Crippen LogP contribution in [0.4, 0.5) is 0 Å². The summed E-state index contributed by atoms with van der Waals surface area (Å²) in [5.74, 6) is 0.0712. The minimum atomic E-state index is -0.769. The summed E-state index contributed by atoms with van der Waals surface area (Å²) in [5, 5.41) is 12.0. The monoisotopic (exact) mass is 241 g/mol. The molecule has 0 radical (unpaired) electrons. The normalized spacial score (nSPS) is 19.6. The summed E-state index contributed by atoms with van der Waals surface area (Å²) in [6, 6.07) is 0.136. The van der Waals surface area contributed by atoms with E-state index < -0.39 is 5.41 Å². The Bertz CT molecular complexity index is 307. The molecule has 17 heavy (non-hydrogen) atoms. The van der Waals surface area contributed by atoms with Gasteiger partial charge in [-0.15, -0.1) is 0 Å². The quantitative estimate of drug-likeness (QED) is 0.339. The molecule has 0 aliphatic heterocycles. The number of nitrogens with zero attached hydrogens (tertiary/aromatic N) is 2. The van der Waals surface area contributed by atoms with Crippen molar-refractivity contribution >= 4 is 11.7 Å². The first kappa shape index (κ1) is 13.8. The van der Waals surface area contributed by atoms with Gasteiger partial charge in [-0.05, 0) is 33.6 Å². The van der Waals surface area contributed by atoms with Gasteiger partial charge in [0.1, 0.15) is 5.41 Å². The van der Waals surface area contributed by atoms with E-state index >= 15 is 0 Å². The summed E-state index contributed by atoms with van der Waals surface area (Å²) in [4.78, 5) is 14.4. The molecule has 0 saturated heterocycles. The smallest absolute Gasteiger partial charge is 0.236 e. The van der Waals surface area contributed by atoms with Gasteiger partial charge in [0.2, 0.25) is 5.91 Å². The Hall–Kier alpha value is -1.26. The maximum absolute atomic E-state index is 12.6. The predicted molar refractivity (Wildman–Crippen MR) is 66.8 cm³/mol. The molecule has 0 heterocycles. The van der Waals surface area contributed by atoms with Crippen molar-refractivity contribution in [3.05, 3.63) is 0 Å². The van der Waals surface area contributed by atoms with Crippen LogP contribution >= 0.6 is 0 Å². The third-order valence-electron chi connectivity index (χ3n) is 3.69. The zero-order chi connectivity index (χ0) is 13.1. The first-order chi connectivity index (χ1) is 7.99. The highest BCUT2D eigenvalue weighted by Gasteiger charge is 2.47. The number of oxime groups is 1. The van der Waals surface area contributed by atoms with Gasteiger partial charge < -0.3 is 15.8 Å². The van der Waals surface area contributed by atoms with Crippen LogP contribution in [0.3, 0.4) is 0 Å². The van der Waals surface area contributed by atoms with Gasteiger partial charge in [0.25, 0.3) is 0 Å². The highest BCUT2D eigenvalue weighted by Crippen LogP contribution is 2.40. The van der Waals surface area contributed by atoms with Gasteiger partial charge in [-0.1, -0.05) is 18.0 Å². The van der Waals surface area contributed by atoms with Crippen LogP contribution in [-0.4, -0.2) is 34.4 Å². The van der Waals surface area contributed by atoms with Gasteiger partial charge >= 0.3 is 0 Å². The van der Waals surface area contributed by atoms with Crippen molar-refractivity contribution < 1.29 is 10.0 Å². The first-order valence-electron chi connectivity index (χ1n) is 6.28. The Balaban J connectivity index is 3.03. The summed E-state index contributed by atoms with van der Waals surface area (Å²) in [7, 11) is 0. The molecular weight excluding hydrogens is 218 g/mol. The molecule has 1 rings (SSSR count). The molecule has 0 aromatic heterocycles. The van der Waals surface area contributed by atoms with Crippen LogP contribution in [0.25, 0.3) is 0 Å². The molecule has 0 aromatic rings. The Morgan fingerprint density at radius 1 is 1.47 bits per heavy atom. The molecule has 0 unspecified atom stereocenters. The van der Waals surface area contributed by atoms with Gasteiger partial charge in [0, 0.05) is 12.6 Å². The lowest BCUT2D eigenvalue weighted by molar-refractivity contribution is -0.139. The average Bonchev–Trinajstić information content (AvgIpc) is 2.78. The summed E-state index contributed by atoms with van der Waals surface area (Å²) in [5.41, 5.74) is 4.99. The Labute approximate surface area is 103 Å². The van der Waals surface area contributed by atoms with Crippen molar-refractivity contribution in [3.63, 3.8) is 0 Å². The minimum absolute atomic E-state index is 0.00259. The van der Waals surface area contributed by atoms with Crippen molar-refractivity contribution in [1.82, 2.24) is 4.90 Å². The highest BCUT2D eigenvalue weighted by atomic mass is 16.4. The molecule has 3 N–H and O–H groups in total. The van der Waals surface area contributed by atoms with Crippen molar-refractivity contribution in [2.45, 2.75) is 52.5 Å². The molecule has 0 spiro atoms. The van der Waals surface area contributed by atoms with E-state index in [4.69, 9.17) is 10.9 Å². The second-order valence-electron chi connectivity index (χ2n) is 4.96. The average molecular weight is 241 g/mol. The zero-order valence-corrected chi connectivity index (χ0v) is 10.9. The van der Waals surface area contributed by atoms with Crippen LogP contribution in [0.1, 0.15) is 46.5 Å². The number of amidine groups is 1. The van der Waals surface area contributed by atoms with Gasteiger partial charge in [0.15, 0.2) is 5.84 Å². The molecule has 5 heteroatoms. The molecular formula is C12H23N3O2. The Morgan fingerprint density at radius 2 is 2.00 bits per heavy atom. The van der Waals surface area contributed by atoms with Gasteiger partial charge in [-0.2, -0.15) is 0 Å². The molecule has 1 aliphatic rings. The van der Waals surface area contributed by atoms with Gasteiger partial charge in [-0.3, -0.25) is 4.79 Å². The maximum atomic E-state index is 12.6. The van der Waals surface area contributed by atoms with Crippen LogP contribution < -0.4 is 5.73 Å². The van der Waals surface area contributed by atoms with E-state index in [0.717, 1.165) is 12.8 Å². The van der Waals surface area contributed by atoms with E-state index in [1.807, 2.05) is 20.8 Å². The molecule has 1 aliphatic carbocycles. The lowest BCUT2D eigenvalue weighted by atomic mass is 9.83. The summed E-state index contributed by atoms with van der Waals surface area (Å²) in [6.45, 7) is 6.57. The molecule has 1 saturated carbocycles. The Kier molecular flexibility index (Phi) is 4.37. The predicted octanol–water partition coefficient (Wildman–Crippen LogP) is 1.55. The number of carbonyl (C=O) groups is 1. The SMILES string of the molecule is CCN(C(=O)C1(/C(N)=N/O)CCCC1)C(C)C. The molecule has 0 atom stereocenters. The first-order valence-corrected chi connectivity index (χ1v) is 6.28. The lowest BCUT2D eigenvalue weighted by Crippen LogP contribution is -2.52. The molecule has 0 aromatic carbocycles. The molecule has 98 valence electrons. The lowest BCUT2D eigenvalue weighted by Gasteiger charge is -2.35. The molecule has 0 bridgehead atoms. The van der Waals surface area contributed by atoms with Crippen molar-refractivity contribution in [2.24, 2.45) is 16.3 Å². The second-order valence-corrected chi connectivity index (χ2v) is 4.96. The van der Waals surface area contributed by atoms with Crippen LogP contribution in [0.15, 0.2) is 5.16 Å². The van der Waals surface area contributed by atoms with Crippen molar-refractivity contribution in [1.29, 1.82) is 0 Å². The third-order valence-corrected chi connectivity index (χ3v) is 3.69. The van der Waals surface area contributed by atoms with E-state index in [1.165, 1.54) is 0 Å². The van der Waals surface area contributed by atoms with E-state index in [-0.39, 0.29) is 17.8 Å². The maximum Gasteiger partial charge on any atom is 0.236 e. The van der Waals surface area contributed by atoms with Crippen molar-refractivity contribution in [3.8, 4) is 0 Å². The molecule has 1 amide bonds. The fraction of sp³-hybridized carbons (Fsp3) is 0.833. The van der Waals surface area contributed by atoms with Crippen LogP contribution in [0.5, 0.6) is 0 Å². The van der Waals surface area contributed by atoms with Gasteiger partial charge in [0.05, 0.1) is 0 Å². The van der Waals surface area contributed by atoms with Crippen LogP contribution in [0.2, 0.25) is 0 Å².